The molecule has 2 heterocycles. The monoisotopic (exact) mass is 303 g/mol. The van der Waals surface area contributed by atoms with Gasteiger partial charge in [0.1, 0.15) is 5.82 Å². The Balaban J connectivity index is 1.84. The van der Waals surface area contributed by atoms with Gasteiger partial charge in [-0.25, -0.2) is 9.37 Å². The molecular formula is C17H22FN3O. The van der Waals surface area contributed by atoms with Crippen LogP contribution in [0.1, 0.15) is 36.0 Å². The summed E-state index contributed by atoms with van der Waals surface area (Å²) in [5.41, 5.74) is 1.70. The summed E-state index contributed by atoms with van der Waals surface area (Å²) in [6, 6.07) is 5.58. The van der Waals surface area contributed by atoms with Gasteiger partial charge in [-0.1, -0.05) is 12.1 Å². The van der Waals surface area contributed by atoms with Crippen LogP contribution in [0.2, 0.25) is 0 Å². The summed E-state index contributed by atoms with van der Waals surface area (Å²) in [4.78, 5) is 6.95. The predicted molar refractivity (Wildman–Crippen MR) is 83.3 cm³/mol. The van der Waals surface area contributed by atoms with Crippen molar-refractivity contribution >= 4 is 0 Å². The van der Waals surface area contributed by atoms with Gasteiger partial charge in [0.05, 0.1) is 18.8 Å². The van der Waals surface area contributed by atoms with E-state index in [-0.39, 0.29) is 11.9 Å². The SMILES string of the molecule is COc1cccc(CN2CCC[C@@H]2c2nc(C)cn2C)c1F. The number of aryl methyl sites for hydroxylation is 2. The number of likely N-dealkylation sites (tertiary alicyclic amines) is 1. The van der Waals surface area contributed by atoms with E-state index < -0.39 is 0 Å². The Morgan fingerprint density at radius 1 is 1.41 bits per heavy atom. The molecule has 0 amide bonds. The quantitative estimate of drug-likeness (QED) is 0.869. The molecule has 0 saturated carbocycles. The second-order valence-electron chi connectivity index (χ2n) is 5.91. The molecule has 1 aromatic heterocycles. The molecular weight excluding hydrogens is 281 g/mol. The van der Waals surface area contributed by atoms with Gasteiger partial charge in [0.2, 0.25) is 0 Å². The number of hydrogen-bond donors (Lipinski definition) is 0. The van der Waals surface area contributed by atoms with E-state index in [1.165, 1.54) is 7.11 Å². The Bertz CT molecular complexity index is 668. The first-order valence-corrected chi connectivity index (χ1v) is 7.65. The maximum Gasteiger partial charge on any atom is 0.169 e. The molecule has 1 aliphatic heterocycles. The Hall–Kier alpha value is -1.88. The molecule has 0 radical (unpaired) electrons. The average Bonchev–Trinajstić information content (AvgIpc) is 3.07. The maximum atomic E-state index is 14.4. The number of aromatic nitrogens is 2. The van der Waals surface area contributed by atoms with Crippen LogP contribution in [0, 0.1) is 12.7 Å². The number of ether oxygens (including phenoxy) is 1. The highest BCUT2D eigenvalue weighted by atomic mass is 19.1. The van der Waals surface area contributed by atoms with Crippen molar-refractivity contribution in [2.45, 2.75) is 32.4 Å². The molecule has 1 aliphatic rings. The fraction of sp³-hybridized carbons (Fsp3) is 0.471. The standard InChI is InChI=1S/C17H22FN3O/c1-12-10-20(2)17(19-12)14-7-5-9-21(14)11-13-6-4-8-15(22-3)16(13)18/h4,6,8,10,14H,5,7,9,11H2,1-3H3/t14-/m1/s1. The van der Waals surface area contributed by atoms with E-state index in [9.17, 15) is 4.39 Å². The average molecular weight is 303 g/mol. The van der Waals surface area contributed by atoms with Gasteiger partial charge in [0.25, 0.3) is 0 Å². The zero-order valence-electron chi connectivity index (χ0n) is 13.3. The third-order valence-electron chi connectivity index (χ3n) is 4.33. The molecule has 0 aliphatic carbocycles. The molecule has 2 aromatic rings. The van der Waals surface area contributed by atoms with E-state index >= 15 is 0 Å². The van der Waals surface area contributed by atoms with Crippen molar-refractivity contribution in [3.8, 4) is 5.75 Å². The third kappa shape index (κ3) is 2.73. The first kappa shape index (κ1) is 15.0. The van der Waals surface area contributed by atoms with E-state index in [0.29, 0.717) is 17.9 Å². The molecule has 0 unspecified atom stereocenters. The van der Waals surface area contributed by atoms with Crippen LogP contribution in [0.4, 0.5) is 4.39 Å². The largest absolute Gasteiger partial charge is 0.494 e. The number of halogens is 1. The van der Waals surface area contributed by atoms with Gasteiger partial charge in [-0.05, 0) is 32.4 Å². The summed E-state index contributed by atoms with van der Waals surface area (Å²) in [5.74, 6) is 1.12. The number of imidazole rings is 1. The molecule has 5 heteroatoms. The van der Waals surface area contributed by atoms with Crippen molar-refractivity contribution in [2.24, 2.45) is 7.05 Å². The lowest BCUT2D eigenvalue weighted by atomic mass is 10.1. The second-order valence-corrected chi connectivity index (χ2v) is 5.91. The van der Waals surface area contributed by atoms with E-state index in [2.05, 4.69) is 14.5 Å². The van der Waals surface area contributed by atoms with Crippen molar-refractivity contribution in [1.82, 2.24) is 14.5 Å². The maximum absolute atomic E-state index is 14.4. The number of benzene rings is 1. The molecule has 118 valence electrons. The van der Waals surface area contributed by atoms with Gasteiger partial charge in [-0.15, -0.1) is 0 Å². The van der Waals surface area contributed by atoms with E-state index in [1.807, 2.05) is 32.3 Å². The first-order valence-electron chi connectivity index (χ1n) is 7.65. The van der Waals surface area contributed by atoms with Gasteiger partial charge in [-0.2, -0.15) is 0 Å². The number of nitrogens with zero attached hydrogens (tertiary/aromatic N) is 3. The van der Waals surface area contributed by atoms with Crippen LogP contribution >= 0.6 is 0 Å². The molecule has 3 rings (SSSR count). The van der Waals surface area contributed by atoms with Crippen LogP contribution in [-0.2, 0) is 13.6 Å². The minimum absolute atomic E-state index is 0.254. The highest BCUT2D eigenvalue weighted by Crippen LogP contribution is 2.33. The summed E-state index contributed by atoms with van der Waals surface area (Å²) >= 11 is 0. The van der Waals surface area contributed by atoms with Crippen LogP contribution in [0.25, 0.3) is 0 Å². The fourth-order valence-corrected chi connectivity index (χ4v) is 3.31. The molecule has 4 nitrogen and oxygen atoms in total. The van der Waals surface area contributed by atoms with E-state index in [0.717, 1.165) is 30.9 Å². The summed E-state index contributed by atoms with van der Waals surface area (Å²) < 4.78 is 21.5. The molecule has 1 saturated heterocycles. The van der Waals surface area contributed by atoms with Crippen molar-refractivity contribution in [1.29, 1.82) is 0 Å². The number of hydrogen-bond acceptors (Lipinski definition) is 3. The molecule has 0 N–H and O–H groups in total. The third-order valence-corrected chi connectivity index (χ3v) is 4.33. The molecule has 1 aromatic carbocycles. The lowest BCUT2D eigenvalue weighted by Gasteiger charge is -2.24. The topological polar surface area (TPSA) is 30.3 Å². The molecule has 22 heavy (non-hydrogen) atoms. The Morgan fingerprint density at radius 2 is 2.23 bits per heavy atom. The van der Waals surface area contributed by atoms with E-state index in [1.54, 1.807) is 6.07 Å². The van der Waals surface area contributed by atoms with Gasteiger partial charge in [0.15, 0.2) is 11.6 Å². The van der Waals surface area contributed by atoms with Crippen LogP contribution in [-0.4, -0.2) is 28.1 Å². The summed E-state index contributed by atoms with van der Waals surface area (Å²) in [5, 5.41) is 0. The Morgan fingerprint density at radius 3 is 2.91 bits per heavy atom. The van der Waals surface area contributed by atoms with Crippen molar-refractivity contribution < 1.29 is 9.13 Å². The van der Waals surface area contributed by atoms with Crippen LogP contribution < -0.4 is 4.74 Å². The molecule has 1 fully saturated rings. The number of methoxy groups -OCH3 is 1. The smallest absolute Gasteiger partial charge is 0.169 e. The zero-order valence-corrected chi connectivity index (χ0v) is 13.3. The van der Waals surface area contributed by atoms with Crippen molar-refractivity contribution in [3.05, 3.63) is 47.3 Å². The summed E-state index contributed by atoms with van der Waals surface area (Å²) in [7, 11) is 3.52. The first-order chi connectivity index (χ1) is 10.6. The summed E-state index contributed by atoms with van der Waals surface area (Å²) in [6.45, 7) is 3.55. The number of rotatable bonds is 4. The fourth-order valence-electron chi connectivity index (χ4n) is 3.31. The predicted octanol–water partition coefficient (Wildman–Crippen LogP) is 3.21. The molecule has 0 spiro atoms. The zero-order chi connectivity index (χ0) is 15.7. The highest BCUT2D eigenvalue weighted by molar-refractivity contribution is 5.31. The summed E-state index contributed by atoms with van der Waals surface area (Å²) in [6.07, 6.45) is 4.22. The molecule has 0 bridgehead atoms. The van der Waals surface area contributed by atoms with Crippen molar-refractivity contribution in [3.63, 3.8) is 0 Å². The lowest BCUT2D eigenvalue weighted by molar-refractivity contribution is 0.232. The van der Waals surface area contributed by atoms with Gasteiger partial charge in [-0.3, -0.25) is 4.90 Å². The van der Waals surface area contributed by atoms with Gasteiger partial charge >= 0.3 is 0 Å². The minimum atomic E-state index is -0.258. The Kier molecular flexibility index (Phi) is 4.16. The van der Waals surface area contributed by atoms with Gasteiger partial charge < -0.3 is 9.30 Å². The minimum Gasteiger partial charge on any atom is -0.494 e. The van der Waals surface area contributed by atoms with Crippen molar-refractivity contribution in [2.75, 3.05) is 13.7 Å². The molecule has 1 atom stereocenters. The van der Waals surface area contributed by atoms with Crippen LogP contribution in [0.15, 0.2) is 24.4 Å². The van der Waals surface area contributed by atoms with Crippen LogP contribution in [0.3, 0.4) is 0 Å². The highest BCUT2D eigenvalue weighted by Gasteiger charge is 2.30. The van der Waals surface area contributed by atoms with E-state index in [4.69, 9.17) is 4.74 Å². The normalized spacial score (nSPS) is 18.8. The Labute approximate surface area is 130 Å². The van der Waals surface area contributed by atoms with Crippen LogP contribution in [0.5, 0.6) is 5.75 Å². The second kappa shape index (κ2) is 6.08. The lowest BCUT2D eigenvalue weighted by Crippen LogP contribution is -2.25. The van der Waals surface area contributed by atoms with Gasteiger partial charge in [0, 0.05) is 25.4 Å².